The number of amidine groups is 1. The van der Waals surface area contributed by atoms with E-state index in [4.69, 9.17) is 14.3 Å². The normalized spacial score (nSPS) is 20.3. The molecule has 1 aromatic heterocycles. The summed E-state index contributed by atoms with van der Waals surface area (Å²) in [5.74, 6) is 1.69. The van der Waals surface area contributed by atoms with Gasteiger partial charge in [0.1, 0.15) is 11.6 Å². The lowest BCUT2D eigenvalue weighted by Gasteiger charge is -2.39. The monoisotopic (exact) mass is 689 g/mol. The Morgan fingerprint density at radius 3 is 2.61 bits per heavy atom. The summed E-state index contributed by atoms with van der Waals surface area (Å²) in [5, 5.41) is 4.14. The first-order chi connectivity index (χ1) is 23.7. The van der Waals surface area contributed by atoms with Gasteiger partial charge < -0.3 is 18.9 Å². The Hall–Kier alpha value is -3.70. The number of aromatic nitrogens is 1. The number of anilines is 1. The van der Waals surface area contributed by atoms with Gasteiger partial charge in [-0.3, -0.25) is 19.5 Å². The molecule has 1 aliphatic carbocycles. The number of aryl methyl sites for hydroxylation is 1. The molecule has 2 aliphatic heterocycles. The molecule has 1 saturated carbocycles. The van der Waals surface area contributed by atoms with Gasteiger partial charge in [-0.25, -0.2) is 4.39 Å². The molecule has 0 bridgehead atoms. The number of carbonyl (C=O) groups is 2. The topological polar surface area (TPSA) is 100 Å². The number of hydrogen-bond acceptors (Lipinski definition) is 8. The molecule has 3 aliphatic rings. The number of carbonyl (C=O) groups excluding carboxylic acids is 2. The first-order valence-corrected chi connectivity index (χ1v) is 18.5. The number of amides is 2. The fourth-order valence-electron chi connectivity index (χ4n) is 7.24. The average Bonchev–Trinajstić information content (AvgIpc) is 3.77. The molecule has 2 fully saturated rings. The molecule has 9 nitrogen and oxygen atoms in total. The highest BCUT2D eigenvalue weighted by molar-refractivity contribution is 8.00. The molecule has 1 saturated heterocycles. The molecule has 2 aromatic carbocycles. The molecule has 11 heteroatoms. The molecule has 262 valence electrons. The van der Waals surface area contributed by atoms with Crippen LogP contribution in [0.15, 0.2) is 56.9 Å². The number of unbranched alkanes of at least 4 members (excludes halogenated alkanes) is 1. The van der Waals surface area contributed by atoms with Crippen molar-refractivity contribution in [2.24, 2.45) is 4.99 Å². The summed E-state index contributed by atoms with van der Waals surface area (Å²) in [4.78, 5) is 37.3. The van der Waals surface area contributed by atoms with E-state index in [1.54, 1.807) is 4.90 Å². The standard InChI is InChI=1S/C38H48FN5O4S/c1-5-7-15-33-40-38(20-12-21-43(25-38)35(45)37(39)18-10-11-19-37)36(46)44(33)23-28-16-17-30(29(22-28)24-47-6-2)31-13-8-9-14-32(31)49-42-34-26(3)27(4)48-41-34/h8-9,13-14,16-17,22H,5-7,10-12,15,18-21,23-25H2,1-4H3,(H,41,42). The van der Waals surface area contributed by atoms with Crippen LogP contribution in [0, 0.1) is 13.8 Å². The van der Waals surface area contributed by atoms with Crippen LogP contribution in [0.25, 0.3) is 11.1 Å². The Balaban J connectivity index is 1.26. The molecular weight excluding hydrogens is 642 g/mol. The van der Waals surface area contributed by atoms with E-state index in [9.17, 15) is 9.59 Å². The minimum absolute atomic E-state index is 0.0860. The predicted molar refractivity (Wildman–Crippen MR) is 191 cm³/mol. The van der Waals surface area contributed by atoms with Crippen LogP contribution in [-0.4, -0.2) is 63.5 Å². The number of likely N-dealkylation sites (tertiary alicyclic amines) is 1. The second kappa shape index (κ2) is 15.0. The highest BCUT2D eigenvalue weighted by Gasteiger charge is 2.53. The van der Waals surface area contributed by atoms with E-state index in [1.165, 1.54) is 11.9 Å². The van der Waals surface area contributed by atoms with Crippen molar-refractivity contribution in [2.45, 2.75) is 115 Å². The Labute approximate surface area is 293 Å². The summed E-state index contributed by atoms with van der Waals surface area (Å²) in [6.45, 7) is 9.95. The second-order valence-electron chi connectivity index (χ2n) is 13.6. The largest absolute Gasteiger partial charge is 0.377 e. The molecule has 49 heavy (non-hydrogen) atoms. The number of nitrogens with one attached hydrogen (secondary N) is 1. The number of ether oxygens (including phenoxy) is 1. The predicted octanol–water partition coefficient (Wildman–Crippen LogP) is 8.19. The summed E-state index contributed by atoms with van der Waals surface area (Å²) in [5.41, 5.74) is 2.21. The van der Waals surface area contributed by atoms with Gasteiger partial charge in [-0.1, -0.05) is 54.9 Å². The first-order valence-electron chi connectivity index (χ1n) is 17.7. The van der Waals surface area contributed by atoms with Crippen molar-refractivity contribution in [1.29, 1.82) is 0 Å². The number of hydrogen-bond donors (Lipinski definition) is 1. The first kappa shape index (κ1) is 35.1. The fraction of sp³-hybridized carbons (Fsp3) is 0.526. The zero-order chi connectivity index (χ0) is 34.6. The van der Waals surface area contributed by atoms with Crippen LogP contribution in [0.4, 0.5) is 10.2 Å². The summed E-state index contributed by atoms with van der Waals surface area (Å²) in [6, 6.07) is 14.5. The van der Waals surface area contributed by atoms with Crippen LogP contribution < -0.4 is 4.72 Å². The Morgan fingerprint density at radius 1 is 1.08 bits per heavy atom. The number of aliphatic imine (C=N–C) groups is 1. The molecule has 6 rings (SSSR count). The average molecular weight is 690 g/mol. The van der Waals surface area contributed by atoms with Crippen LogP contribution in [0.2, 0.25) is 0 Å². The van der Waals surface area contributed by atoms with Gasteiger partial charge in [0.05, 0.1) is 19.7 Å². The lowest BCUT2D eigenvalue weighted by Crippen LogP contribution is -2.57. The van der Waals surface area contributed by atoms with Crippen LogP contribution in [0.3, 0.4) is 0 Å². The van der Waals surface area contributed by atoms with Gasteiger partial charge in [-0.15, -0.1) is 0 Å². The van der Waals surface area contributed by atoms with Gasteiger partial charge in [0.25, 0.3) is 11.8 Å². The molecule has 1 spiro atoms. The molecule has 0 radical (unpaired) electrons. The van der Waals surface area contributed by atoms with E-state index in [0.29, 0.717) is 51.4 Å². The van der Waals surface area contributed by atoms with Crippen molar-refractivity contribution in [3.05, 3.63) is 64.9 Å². The number of alkyl halides is 1. The highest BCUT2D eigenvalue weighted by atomic mass is 32.2. The summed E-state index contributed by atoms with van der Waals surface area (Å²) in [6.07, 6.45) is 5.71. The molecule has 1 atom stereocenters. The third-order valence-corrected chi connectivity index (χ3v) is 11.0. The van der Waals surface area contributed by atoms with E-state index in [-0.39, 0.29) is 25.3 Å². The molecule has 1 unspecified atom stereocenters. The lowest BCUT2D eigenvalue weighted by atomic mass is 9.87. The van der Waals surface area contributed by atoms with Crippen LogP contribution in [-0.2, 0) is 27.5 Å². The number of benzene rings is 2. The molecule has 3 heterocycles. The highest BCUT2D eigenvalue weighted by Crippen LogP contribution is 2.40. The van der Waals surface area contributed by atoms with E-state index >= 15 is 4.39 Å². The maximum atomic E-state index is 15.6. The van der Waals surface area contributed by atoms with Gasteiger partial charge in [-0.05, 0) is 106 Å². The number of rotatable bonds is 13. The van der Waals surface area contributed by atoms with Gasteiger partial charge in [0.15, 0.2) is 17.0 Å². The van der Waals surface area contributed by atoms with Gasteiger partial charge >= 0.3 is 0 Å². The second-order valence-corrected chi connectivity index (χ2v) is 14.4. The van der Waals surface area contributed by atoms with Crippen LogP contribution >= 0.6 is 11.9 Å². The fourth-order valence-corrected chi connectivity index (χ4v) is 8.07. The minimum atomic E-state index is -1.81. The van der Waals surface area contributed by atoms with Crippen LogP contribution in [0.5, 0.6) is 0 Å². The van der Waals surface area contributed by atoms with Crippen molar-refractivity contribution in [2.75, 3.05) is 24.4 Å². The molecule has 1 N–H and O–H groups in total. The molecule has 3 aromatic rings. The summed E-state index contributed by atoms with van der Waals surface area (Å²) >= 11 is 1.48. The van der Waals surface area contributed by atoms with Crippen molar-refractivity contribution in [1.82, 2.24) is 15.0 Å². The van der Waals surface area contributed by atoms with Crippen molar-refractivity contribution >= 4 is 35.4 Å². The molecular formula is C38H48FN5O4S. The minimum Gasteiger partial charge on any atom is -0.377 e. The quantitative estimate of drug-likeness (QED) is 0.181. The maximum absolute atomic E-state index is 15.6. The zero-order valence-electron chi connectivity index (χ0n) is 29.1. The van der Waals surface area contributed by atoms with Crippen molar-refractivity contribution in [3.8, 4) is 11.1 Å². The summed E-state index contributed by atoms with van der Waals surface area (Å²) in [7, 11) is 0. The van der Waals surface area contributed by atoms with Crippen molar-refractivity contribution in [3.63, 3.8) is 0 Å². The number of halogens is 1. The van der Waals surface area contributed by atoms with E-state index < -0.39 is 17.1 Å². The van der Waals surface area contributed by atoms with Gasteiger partial charge in [-0.2, -0.15) is 0 Å². The van der Waals surface area contributed by atoms with E-state index in [1.807, 2.05) is 37.8 Å². The smallest absolute Gasteiger partial charge is 0.260 e. The lowest BCUT2D eigenvalue weighted by molar-refractivity contribution is -0.148. The zero-order valence-corrected chi connectivity index (χ0v) is 30.0. The summed E-state index contributed by atoms with van der Waals surface area (Å²) < 4.78 is 30.2. The Kier molecular flexibility index (Phi) is 10.8. The van der Waals surface area contributed by atoms with E-state index in [0.717, 1.165) is 70.0 Å². The number of piperidine rings is 1. The maximum Gasteiger partial charge on any atom is 0.260 e. The Bertz CT molecular complexity index is 1700. The Morgan fingerprint density at radius 2 is 1.88 bits per heavy atom. The van der Waals surface area contributed by atoms with Gasteiger partial charge in [0, 0.05) is 30.0 Å². The van der Waals surface area contributed by atoms with Crippen LogP contribution in [0.1, 0.15) is 94.1 Å². The number of nitrogens with zero attached hydrogens (tertiary/aromatic N) is 4. The van der Waals surface area contributed by atoms with Gasteiger partial charge in [0.2, 0.25) is 0 Å². The third-order valence-electron chi connectivity index (χ3n) is 10.2. The third kappa shape index (κ3) is 7.29. The van der Waals surface area contributed by atoms with Crippen molar-refractivity contribution < 1.29 is 23.2 Å². The SMILES string of the molecule is CCCCC1=NC2(CCCN(C(=O)C3(F)CCCC3)C2)C(=O)N1Cc1ccc(-c2ccccc2SNc2noc(C)c2C)c(COCC)c1. The molecule has 2 amide bonds. The van der Waals surface area contributed by atoms with E-state index in [2.05, 4.69) is 47.1 Å².